The summed E-state index contributed by atoms with van der Waals surface area (Å²) in [7, 11) is 1.64. The van der Waals surface area contributed by atoms with Crippen LogP contribution in [0.25, 0.3) is 11.4 Å². The van der Waals surface area contributed by atoms with Crippen LogP contribution in [0.4, 0.5) is 4.79 Å². The fourth-order valence-corrected chi connectivity index (χ4v) is 3.81. The number of ether oxygens (including phenoxy) is 1. The van der Waals surface area contributed by atoms with Gasteiger partial charge in [-0.2, -0.15) is 4.98 Å². The van der Waals surface area contributed by atoms with Crippen LogP contribution in [0.3, 0.4) is 0 Å². The van der Waals surface area contributed by atoms with Crippen molar-refractivity contribution in [3.05, 3.63) is 30.2 Å². The molecule has 3 rings (SSSR count). The van der Waals surface area contributed by atoms with Crippen LogP contribution >= 0.6 is 0 Å². The number of urea groups is 1. The molecule has 1 aromatic heterocycles. The third kappa shape index (κ3) is 4.29. The summed E-state index contributed by atoms with van der Waals surface area (Å²) < 4.78 is 10.7. The van der Waals surface area contributed by atoms with Gasteiger partial charge in [0.25, 0.3) is 0 Å². The van der Waals surface area contributed by atoms with Gasteiger partial charge in [-0.1, -0.05) is 5.16 Å². The molecule has 1 aliphatic heterocycles. The number of nitrogens with zero attached hydrogens (tertiary/aromatic N) is 4. The van der Waals surface area contributed by atoms with Gasteiger partial charge in [0.2, 0.25) is 11.7 Å². The van der Waals surface area contributed by atoms with Gasteiger partial charge in [0.1, 0.15) is 5.75 Å². The summed E-state index contributed by atoms with van der Waals surface area (Å²) in [4.78, 5) is 21.5. The molecule has 152 valence electrons. The number of amides is 2. The van der Waals surface area contributed by atoms with E-state index in [4.69, 9.17) is 9.26 Å². The molecular formula is C21H30N4O3. The Kier molecular flexibility index (Phi) is 6.21. The lowest BCUT2D eigenvalue weighted by atomic mass is 9.98. The lowest BCUT2D eigenvalue weighted by Gasteiger charge is -2.39. The van der Waals surface area contributed by atoms with Gasteiger partial charge >= 0.3 is 6.03 Å². The van der Waals surface area contributed by atoms with Gasteiger partial charge in [0, 0.05) is 30.7 Å². The number of methoxy groups -OCH3 is 1. The quantitative estimate of drug-likeness (QED) is 0.771. The average molecular weight is 386 g/mol. The Morgan fingerprint density at radius 3 is 2.50 bits per heavy atom. The van der Waals surface area contributed by atoms with Gasteiger partial charge in [-0.15, -0.1) is 0 Å². The van der Waals surface area contributed by atoms with E-state index in [1.165, 1.54) is 0 Å². The number of hydrogen-bond donors (Lipinski definition) is 0. The lowest BCUT2D eigenvalue weighted by molar-refractivity contribution is 0.110. The van der Waals surface area contributed by atoms with E-state index in [9.17, 15) is 4.79 Å². The smallest absolute Gasteiger partial charge is 0.320 e. The Bertz CT molecular complexity index is 777. The molecule has 0 radical (unpaired) electrons. The third-order valence-electron chi connectivity index (χ3n) is 5.16. The SMILES string of the molecule is COc1ccc(-c2noc(C3CCCN(C(=O)N(C(C)C)C(C)C)C3)n2)cc1. The molecule has 0 aliphatic carbocycles. The van der Waals surface area contributed by atoms with E-state index in [0.29, 0.717) is 18.3 Å². The van der Waals surface area contributed by atoms with Crippen molar-refractivity contribution in [1.82, 2.24) is 19.9 Å². The summed E-state index contributed by atoms with van der Waals surface area (Å²) in [5, 5.41) is 4.14. The predicted molar refractivity (Wildman–Crippen MR) is 107 cm³/mol. The van der Waals surface area contributed by atoms with E-state index in [1.54, 1.807) is 7.11 Å². The molecule has 2 amide bonds. The minimum atomic E-state index is 0.0679. The number of aromatic nitrogens is 2. The summed E-state index contributed by atoms with van der Waals surface area (Å²) in [6.07, 6.45) is 1.87. The number of hydrogen-bond acceptors (Lipinski definition) is 5. The standard InChI is InChI=1S/C21H30N4O3/c1-14(2)25(15(3)4)21(26)24-12-6-7-17(13-24)20-22-19(23-28-20)16-8-10-18(27-5)11-9-16/h8-11,14-15,17H,6-7,12-13H2,1-5H3. The number of carbonyl (C=O) groups excluding carboxylic acids is 1. The summed E-state index contributed by atoms with van der Waals surface area (Å²) in [6.45, 7) is 9.59. The predicted octanol–water partition coefficient (Wildman–Crippen LogP) is 4.16. The summed E-state index contributed by atoms with van der Waals surface area (Å²) >= 11 is 0. The zero-order valence-corrected chi connectivity index (χ0v) is 17.4. The molecule has 7 nitrogen and oxygen atoms in total. The van der Waals surface area contributed by atoms with Crippen molar-refractivity contribution in [2.45, 2.75) is 58.5 Å². The highest BCUT2D eigenvalue weighted by atomic mass is 16.5. The highest BCUT2D eigenvalue weighted by Gasteiger charge is 2.32. The van der Waals surface area contributed by atoms with Crippen molar-refractivity contribution in [3.63, 3.8) is 0 Å². The number of benzene rings is 1. The van der Waals surface area contributed by atoms with Gasteiger partial charge < -0.3 is 19.1 Å². The number of rotatable bonds is 5. The highest BCUT2D eigenvalue weighted by Crippen LogP contribution is 2.29. The Morgan fingerprint density at radius 1 is 1.21 bits per heavy atom. The molecular weight excluding hydrogens is 356 g/mol. The zero-order valence-electron chi connectivity index (χ0n) is 17.4. The number of piperidine rings is 1. The molecule has 1 atom stereocenters. The summed E-state index contributed by atoms with van der Waals surface area (Å²) in [5.41, 5.74) is 0.880. The lowest BCUT2D eigenvalue weighted by Crippen LogP contribution is -2.52. The van der Waals surface area contributed by atoms with Crippen molar-refractivity contribution < 1.29 is 14.1 Å². The molecule has 1 saturated heterocycles. The molecule has 1 fully saturated rings. The average Bonchev–Trinajstić information content (AvgIpc) is 3.18. The minimum Gasteiger partial charge on any atom is -0.497 e. The highest BCUT2D eigenvalue weighted by molar-refractivity contribution is 5.75. The van der Waals surface area contributed by atoms with E-state index in [1.807, 2.05) is 34.1 Å². The van der Waals surface area contributed by atoms with Crippen LogP contribution in [0.15, 0.2) is 28.8 Å². The second-order valence-corrected chi connectivity index (χ2v) is 7.85. The first-order valence-electron chi connectivity index (χ1n) is 9.96. The third-order valence-corrected chi connectivity index (χ3v) is 5.16. The molecule has 2 aromatic rings. The summed E-state index contributed by atoms with van der Waals surface area (Å²) in [6, 6.07) is 7.98. The van der Waals surface area contributed by atoms with Crippen LogP contribution in [0, 0.1) is 0 Å². The van der Waals surface area contributed by atoms with Crippen molar-refractivity contribution >= 4 is 6.03 Å². The molecule has 1 aromatic carbocycles. The topological polar surface area (TPSA) is 71.7 Å². The van der Waals surface area contributed by atoms with E-state index in [-0.39, 0.29) is 24.0 Å². The van der Waals surface area contributed by atoms with Gasteiger partial charge in [0.15, 0.2) is 0 Å². The van der Waals surface area contributed by atoms with Gasteiger partial charge in [-0.05, 0) is 64.8 Å². The van der Waals surface area contributed by atoms with E-state index in [0.717, 1.165) is 30.7 Å². The summed E-state index contributed by atoms with van der Waals surface area (Å²) in [5.74, 6) is 2.02. The Morgan fingerprint density at radius 2 is 1.89 bits per heavy atom. The maximum absolute atomic E-state index is 13.0. The molecule has 2 heterocycles. The maximum atomic E-state index is 13.0. The first-order valence-corrected chi connectivity index (χ1v) is 9.96. The molecule has 0 spiro atoms. The Balaban J connectivity index is 1.72. The van der Waals surface area contributed by atoms with E-state index < -0.39 is 0 Å². The second kappa shape index (κ2) is 8.63. The van der Waals surface area contributed by atoms with Gasteiger partial charge in [0.05, 0.1) is 13.0 Å². The fraction of sp³-hybridized carbons (Fsp3) is 0.571. The normalized spacial score (nSPS) is 17.2. The molecule has 0 saturated carbocycles. The number of likely N-dealkylation sites (tertiary alicyclic amines) is 1. The van der Waals surface area contributed by atoms with Crippen molar-refractivity contribution in [1.29, 1.82) is 0 Å². The Labute approximate surface area is 166 Å². The van der Waals surface area contributed by atoms with E-state index >= 15 is 0 Å². The maximum Gasteiger partial charge on any atom is 0.320 e. The first kappa shape index (κ1) is 20.2. The largest absolute Gasteiger partial charge is 0.497 e. The van der Waals surface area contributed by atoms with Crippen molar-refractivity contribution in [2.75, 3.05) is 20.2 Å². The van der Waals surface area contributed by atoms with Crippen LogP contribution in [0.2, 0.25) is 0 Å². The molecule has 1 aliphatic rings. The molecule has 28 heavy (non-hydrogen) atoms. The molecule has 7 heteroatoms. The Hall–Kier alpha value is -2.57. The van der Waals surface area contributed by atoms with Crippen molar-refractivity contribution in [3.8, 4) is 17.1 Å². The zero-order chi connectivity index (χ0) is 20.3. The monoisotopic (exact) mass is 386 g/mol. The van der Waals surface area contributed by atoms with Crippen LogP contribution in [-0.4, -0.2) is 58.3 Å². The molecule has 0 bridgehead atoms. The van der Waals surface area contributed by atoms with Gasteiger partial charge in [-0.3, -0.25) is 0 Å². The number of carbonyl (C=O) groups is 1. The van der Waals surface area contributed by atoms with Crippen molar-refractivity contribution in [2.24, 2.45) is 0 Å². The fourth-order valence-electron chi connectivity index (χ4n) is 3.81. The molecule has 1 unspecified atom stereocenters. The molecule has 0 N–H and O–H groups in total. The van der Waals surface area contributed by atoms with Crippen LogP contribution in [-0.2, 0) is 0 Å². The first-order chi connectivity index (χ1) is 13.4. The minimum absolute atomic E-state index is 0.0679. The van der Waals surface area contributed by atoms with E-state index in [2.05, 4.69) is 37.8 Å². The van der Waals surface area contributed by atoms with Crippen LogP contribution in [0.5, 0.6) is 5.75 Å². The van der Waals surface area contributed by atoms with Crippen LogP contribution in [0.1, 0.15) is 52.3 Å². The van der Waals surface area contributed by atoms with Crippen LogP contribution < -0.4 is 4.74 Å². The second-order valence-electron chi connectivity index (χ2n) is 7.85. The van der Waals surface area contributed by atoms with Gasteiger partial charge in [-0.25, -0.2) is 4.79 Å².